The predicted octanol–water partition coefficient (Wildman–Crippen LogP) is -0.438. The van der Waals surface area contributed by atoms with Crippen LogP contribution in [-0.2, 0) is 4.74 Å². The second kappa shape index (κ2) is 13.9. The molecule has 1 atom stereocenters. The van der Waals surface area contributed by atoms with Gasteiger partial charge in [-0.1, -0.05) is 39.0 Å². The fourth-order valence-electron chi connectivity index (χ4n) is 1.20. The van der Waals surface area contributed by atoms with E-state index in [2.05, 4.69) is 13.8 Å². The molecule has 0 aliphatic rings. The van der Waals surface area contributed by atoms with Gasteiger partial charge in [-0.15, -0.1) is 0 Å². The van der Waals surface area contributed by atoms with E-state index >= 15 is 0 Å². The molecule has 0 aromatic carbocycles. The Bertz CT molecular complexity index is 97.3. The zero-order valence-electron chi connectivity index (χ0n) is 9.80. The first-order valence-electron chi connectivity index (χ1n) is 5.36. The minimum atomic E-state index is -0.569. The van der Waals surface area contributed by atoms with Crippen molar-refractivity contribution in [2.24, 2.45) is 0 Å². The minimum Gasteiger partial charge on any atom is -0.423 e. The molecule has 0 aliphatic heterocycles. The number of aliphatic hydroxyl groups is 1. The van der Waals surface area contributed by atoms with E-state index in [1.54, 1.807) is 0 Å². The molecule has 0 spiro atoms. The molecule has 0 fully saturated rings. The Morgan fingerprint density at radius 3 is 2.29 bits per heavy atom. The third-order valence-electron chi connectivity index (χ3n) is 1.95. The molecule has 0 saturated carbocycles. The Balaban J connectivity index is 0. The van der Waals surface area contributed by atoms with E-state index in [9.17, 15) is 0 Å². The Hall–Kier alpha value is 0.920. The summed E-state index contributed by atoms with van der Waals surface area (Å²) in [5.41, 5.74) is 0. The van der Waals surface area contributed by atoms with Gasteiger partial charge in [-0.3, -0.25) is 0 Å². The van der Waals surface area contributed by atoms with Gasteiger partial charge in [0.1, 0.15) is 0 Å². The predicted molar refractivity (Wildman–Crippen MR) is 55.6 cm³/mol. The van der Waals surface area contributed by atoms with Crippen LogP contribution < -0.4 is 29.6 Å². The van der Waals surface area contributed by atoms with Crippen molar-refractivity contribution >= 4 is 0 Å². The maximum Gasteiger partial charge on any atom is 1.00 e. The quantitative estimate of drug-likeness (QED) is 0.318. The van der Waals surface area contributed by atoms with Crippen molar-refractivity contribution in [2.75, 3.05) is 13.2 Å². The summed E-state index contributed by atoms with van der Waals surface area (Å²) >= 11 is 0. The standard InChI is InChI=1S/C11H23O2.Na/c1-3-4-5-6-7-8-9-13-10-11(2)12;/h11-12H,2-10H2,1H3;/q-1;+1. The number of hydrogen-bond acceptors (Lipinski definition) is 2. The molecule has 14 heavy (non-hydrogen) atoms. The molecule has 1 unspecified atom stereocenters. The first-order valence-corrected chi connectivity index (χ1v) is 5.36. The molecule has 2 nitrogen and oxygen atoms in total. The van der Waals surface area contributed by atoms with Gasteiger partial charge in [0.15, 0.2) is 0 Å². The third-order valence-corrected chi connectivity index (χ3v) is 1.95. The van der Waals surface area contributed by atoms with Gasteiger partial charge in [-0.05, 0) is 12.5 Å². The van der Waals surface area contributed by atoms with Crippen LogP contribution in [0.1, 0.15) is 45.4 Å². The zero-order valence-corrected chi connectivity index (χ0v) is 11.8. The summed E-state index contributed by atoms with van der Waals surface area (Å²) in [6.07, 6.45) is 7.07. The van der Waals surface area contributed by atoms with Crippen LogP contribution in [0.15, 0.2) is 0 Å². The first-order chi connectivity index (χ1) is 6.27. The summed E-state index contributed by atoms with van der Waals surface area (Å²) in [5.74, 6) is 0. The van der Waals surface area contributed by atoms with Crippen LogP contribution in [0, 0.1) is 6.92 Å². The van der Waals surface area contributed by atoms with Gasteiger partial charge >= 0.3 is 29.6 Å². The molecule has 0 rings (SSSR count). The number of rotatable bonds is 9. The molecule has 1 N–H and O–H groups in total. The second-order valence-corrected chi connectivity index (χ2v) is 3.50. The molecular weight excluding hydrogens is 187 g/mol. The smallest absolute Gasteiger partial charge is 0.423 e. The van der Waals surface area contributed by atoms with Crippen molar-refractivity contribution < 1.29 is 39.4 Å². The van der Waals surface area contributed by atoms with Gasteiger partial charge in [0.25, 0.3) is 0 Å². The van der Waals surface area contributed by atoms with E-state index in [0.29, 0.717) is 6.61 Å². The van der Waals surface area contributed by atoms with Crippen molar-refractivity contribution in [1.82, 2.24) is 0 Å². The fraction of sp³-hybridized carbons (Fsp3) is 0.909. The third kappa shape index (κ3) is 15.4. The van der Waals surface area contributed by atoms with Crippen LogP contribution in [-0.4, -0.2) is 24.4 Å². The number of aliphatic hydroxyl groups excluding tert-OH is 1. The SMILES string of the molecule is [CH2-]C(O)COCCCCCCCC.[Na+]. The normalized spacial score (nSPS) is 12.2. The van der Waals surface area contributed by atoms with Gasteiger partial charge < -0.3 is 16.8 Å². The number of unbranched alkanes of at least 4 members (excludes halogenated alkanes) is 5. The van der Waals surface area contributed by atoms with Crippen molar-refractivity contribution in [3.05, 3.63) is 6.92 Å². The maximum absolute atomic E-state index is 8.79. The molecule has 0 aromatic rings. The molecule has 0 amide bonds. The van der Waals surface area contributed by atoms with Gasteiger partial charge in [0.2, 0.25) is 0 Å². The topological polar surface area (TPSA) is 29.5 Å². The van der Waals surface area contributed by atoms with Crippen LogP contribution in [0.2, 0.25) is 0 Å². The van der Waals surface area contributed by atoms with Crippen molar-refractivity contribution in [3.63, 3.8) is 0 Å². The summed E-state index contributed by atoms with van der Waals surface area (Å²) in [7, 11) is 0. The molecule has 0 heterocycles. The second-order valence-electron chi connectivity index (χ2n) is 3.50. The summed E-state index contributed by atoms with van der Waals surface area (Å²) in [5, 5.41) is 8.79. The van der Waals surface area contributed by atoms with E-state index < -0.39 is 6.10 Å². The van der Waals surface area contributed by atoms with E-state index in [-0.39, 0.29) is 29.6 Å². The summed E-state index contributed by atoms with van der Waals surface area (Å²) < 4.78 is 5.19. The Kier molecular flexibility index (Phi) is 17.2. The average Bonchev–Trinajstić information content (AvgIpc) is 2.09. The van der Waals surface area contributed by atoms with Crippen LogP contribution in [0.4, 0.5) is 0 Å². The van der Waals surface area contributed by atoms with E-state index in [0.717, 1.165) is 13.0 Å². The maximum atomic E-state index is 8.79. The molecule has 0 saturated heterocycles. The minimum absolute atomic E-state index is 0. The van der Waals surface area contributed by atoms with E-state index in [1.807, 2.05) is 0 Å². The van der Waals surface area contributed by atoms with Crippen molar-refractivity contribution in [2.45, 2.75) is 51.6 Å². The molecule has 0 aliphatic carbocycles. The van der Waals surface area contributed by atoms with Gasteiger partial charge in [-0.2, -0.15) is 0 Å². The Morgan fingerprint density at radius 2 is 1.71 bits per heavy atom. The average molecular weight is 210 g/mol. The van der Waals surface area contributed by atoms with E-state index in [4.69, 9.17) is 9.84 Å². The van der Waals surface area contributed by atoms with Crippen LogP contribution in [0.3, 0.4) is 0 Å². The Morgan fingerprint density at radius 1 is 1.14 bits per heavy atom. The Labute approximate surface area is 111 Å². The van der Waals surface area contributed by atoms with E-state index in [1.165, 1.54) is 32.1 Å². The summed E-state index contributed by atoms with van der Waals surface area (Å²) in [6, 6.07) is 0. The molecule has 0 radical (unpaired) electrons. The van der Waals surface area contributed by atoms with Crippen molar-refractivity contribution in [1.29, 1.82) is 0 Å². The summed E-state index contributed by atoms with van der Waals surface area (Å²) in [4.78, 5) is 0. The van der Waals surface area contributed by atoms with Crippen LogP contribution >= 0.6 is 0 Å². The molecule has 3 heteroatoms. The monoisotopic (exact) mass is 210 g/mol. The summed E-state index contributed by atoms with van der Waals surface area (Å²) in [6.45, 7) is 6.78. The van der Waals surface area contributed by atoms with Crippen LogP contribution in [0.25, 0.3) is 0 Å². The fourth-order valence-corrected chi connectivity index (χ4v) is 1.20. The molecule has 0 aromatic heterocycles. The zero-order chi connectivity index (χ0) is 9.94. The number of ether oxygens (including phenoxy) is 1. The van der Waals surface area contributed by atoms with Crippen molar-refractivity contribution in [3.8, 4) is 0 Å². The largest absolute Gasteiger partial charge is 1.00 e. The molecular formula is C11H23NaO2. The van der Waals surface area contributed by atoms with Gasteiger partial charge in [0.05, 0.1) is 0 Å². The van der Waals surface area contributed by atoms with Gasteiger partial charge in [0, 0.05) is 13.2 Å². The molecule has 0 bridgehead atoms. The number of hydrogen-bond donors (Lipinski definition) is 1. The van der Waals surface area contributed by atoms with Crippen LogP contribution in [0.5, 0.6) is 0 Å². The van der Waals surface area contributed by atoms with Gasteiger partial charge in [-0.25, -0.2) is 0 Å². The molecule has 80 valence electrons. The first kappa shape index (κ1) is 17.3.